The first-order valence-corrected chi connectivity index (χ1v) is 7.14. The lowest BCUT2D eigenvalue weighted by Crippen LogP contribution is -2.23. The van der Waals surface area contributed by atoms with Crippen molar-refractivity contribution in [2.24, 2.45) is 0 Å². The SMILES string of the molecule is O=C(O)/C=C/CC(=O)Nc1cc(N2CCCC2=O)ccc1Cl. The molecular weight excluding hydrogens is 308 g/mol. The van der Waals surface area contributed by atoms with Crippen LogP contribution in [0.15, 0.2) is 30.4 Å². The first-order chi connectivity index (χ1) is 10.5. The zero-order valence-electron chi connectivity index (χ0n) is 11.7. The first kappa shape index (κ1) is 16.0. The summed E-state index contributed by atoms with van der Waals surface area (Å²) in [6.45, 7) is 0.648. The number of carbonyl (C=O) groups is 3. The van der Waals surface area contributed by atoms with E-state index in [-0.39, 0.29) is 18.2 Å². The minimum absolute atomic E-state index is 0.0454. The van der Waals surface area contributed by atoms with Gasteiger partial charge in [-0.1, -0.05) is 17.7 Å². The lowest BCUT2D eigenvalue weighted by molar-refractivity contribution is -0.131. The van der Waals surface area contributed by atoms with E-state index in [2.05, 4.69) is 5.32 Å². The molecule has 2 amide bonds. The van der Waals surface area contributed by atoms with Gasteiger partial charge in [0.1, 0.15) is 0 Å². The zero-order chi connectivity index (χ0) is 16.1. The molecule has 22 heavy (non-hydrogen) atoms. The van der Waals surface area contributed by atoms with Crippen molar-refractivity contribution in [3.63, 3.8) is 0 Å². The number of rotatable bonds is 5. The number of carbonyl (C=O) groups excluding carboxylic acids is 2. The quantitative estimate of drug-likeness (QED) is 0.815. The summed E-state index contributed by atoms with van der Waals surface area (Å²) in [6.07, 6.45) is 3.41. The van der Waals surface area contributed by atoms with E-state index in [0.717, 1.165) is 12.5 Å². The number of hydrogen-bond acceptors (Lipinski definition) is 3. The molecule has 0 saturated carbocycles. The summed E-state index contributed by atoms with van der Waals surface area (Å²) in [7, 11) is 0. The van der Waals surface area contributed by atoms with Crippen LogP contribution in [0.2, 0.25) is 5.02 Å². The number of nitrogens with zero attached hydrogens (tertiary/aromatic N) is 1. The van der Waals surface area contributed by atoms with Crippen molar-refractivity contribution in [3.8, 4) is 0 Å². The molecule has 0 unspecified atom stereocenters. The molecule has 1 aromatic carbocycles. The summed E-state index contributed by atoms with van der Waals surface area (Å²) in [4.78, 5) is 35.5. The standard InChI is InChI=1S/C15H15ClN2O4/c16-11-7-6-10(18-8-2-4-14(18)20)9-12(11)17-13(19)3-1-5-15(21)22/h1,5-7,9H,2-4,8H2,(H,17,19)(H,21,22)/b5-1+. The van der Waals surface area contributed by atoms with Crippen LogP contribution in [0.3, 0.4) is 0 Å². The molecule has 116 valence electrons. The van der Waals surface area contributed by atoms with Gasteiger partial charge in [0.05, 0.1) is 10.7 Å². The van der Waals surface area contributed by atoms with Crippen LogP contribution >= 0.6 is 11.6 Å². The molecule has 0 bridgehead atoms. The van der Waals surface area contributed by atoms with E-state index >= 15 is 0 Å². The second kappa shape index (κ2) is 7.09. The van der Waals surface area contributed by atoms with Gasteiger partial charge in [0.25, 0.3) is 0 Å². The predicted molar refractivity (Wildman–Crippen MR) is 83.1 cm³/mol. The van der Waals surface area contributed by atoms with Crippen molar-refractivity contribution in [1.82, 2.24) is 0 Å². The third-order valence-corrected chi connectivity index (χ3v) is 3.50. The minimum atomic E-state index is -1.11. The van der Waals surface area contributed by atoms with Gasteiger partial charge in [-0.25, -0.2) is 4.79 Å². The van der Waals surface area contributed by atoms with Crippen molar-refractivity contribution in [2.75, 3.05) is 16.8 Å². The molecule has 6 nitrogen and oxygen atoms in total. The van der Waals surface area contributed by atoms with Crippen LogP contribution in [0.5, 0.6) is 0 Å². The van der Waals surface area contributed by atoms with Crippen molar-refractivity contribution < 1.29 is 19.5 Å². The van der Waals surface area contributed by atoms with E-state index in [4.69, 9.17) is 16.7 Å². The van der Waals surface area contributed by atoms with Crippen LogP contribution in [-0.4, -0.2) is 29.4 Å². The number of nitrogens with one attached hydrogen (secondary N) is 1. The number of aliphatic carboxylic acids is 1. The number of halogens is 1. The summed E-state index contributed by atoms with van der Waals surface area (Å²) in [5.41, 5.74) is 1.08. The number of anilines is 2. The Morgan fingerprint density at radius 1 is 1.41 bits per heavy atom. The second-order valence-corrected chi connectivity index (χ2v) is 5.21. The predicted octanol–water partition coefficient (Wildman–Crippen LogP) is 2.44. The van der Waals surface area contributed by atoms with E-state index in [9.17, 15) is 14.4 Å². The lowest BCUT2D eigenvalue weighted by atomic mass is 10.2. The monoisotopic (exact) mass is 322 g/mol. The van der Waals surface area contributed by atoms with Gasteiger partial charge in [-0.3, -0.25) is 9.59 Å². The summed E-state index contributed by atoms with van der Waals surface area (Å²) < 4.78 is 0. The molecule has 1 fully saturated rings. The van der Waals surface area contributed by atoms with Crippen LogP contribution in [0.4, 0.5) is 11.4 Å². The molecule has 1 saturated heterocycles. The molecule has 1 heterocycles. The van der Waals surface area contributed by atoms with E-state index in [1.807, 2.05) is 0 Å². The van der Waals surface area contributed by atoms with Gasteiger partial charge in [0.15, 0.2) is 0 Å². The number of hydrogen-bond donors (Lipinski definition) is 2. The highest BCUT2D eigenvalue weighted by atomic mass is 35.5. The maximum absolute atomic E-state index is 11.7. The van der Waals surface area contributed by atoms with Crippen molar-refractivity contribution in [1.29, 1.82) is 0 Å². The fourth-order valence-corrected chi connectivity index (χ4v) is 2.33. The molecule has 0 aromatic heterocycles. The molecular formula is C15H15ClN2O4. The topological polar surface area (TPSA) is 86.7 Å². The average Bonchev–Trinajstić information content (AvgIpc) is 2.87. The van der Waals surface area contributed by atoms with E-state index in [1.54, 1.807) is 23.1 Å². The molecule has 2 rings (SSSR count). The fraction of sp³-hybridized carbons (Fsp3) is 0.267. The number of benzene rings is 1. The molecule has 0 aliphatic carbocycles. The Kier molecular flexibility index (Phi) is 5.16. The zero-order valence-corrected chi connectivity index (χ0v) is 12.5. The van der Waals surface area contributed by atoms with Crippen molar-refractivity contribution in [3.05, 3.63) is 35.4 Å². The average molecular weight is 323 g/mol. The molecule has 1 aliphatic rings. The van der Waals surface area contributed by atoms with Crippen LogP contribution in [0.25, 0.3) is 0 Å². The Bertz CT molecular complexity index is 642. The third kappa shape index (κ3) is 4.08. The third-order valence-electron chi connectivity index (χ3n) is 3.17. The van der Waals surface area contributed by atoms with Crippen LogP contribution < -0.4 is 10.2 Å². The molecule has 1 aliphatic heterocycles. The Hall–Kier alpha value is -2.34. The van der Waals surface area contributed by atoms with Gasteiger partial charge in [-0.2, -0.15) is 0 Å². The highest BCUT2D eigenvalue weighted by Crippen LogP contribution is 2.30. The van der Waals surface area contributed by atoms with Gasteiger partial charge < -0.3 is 15.3 Å². The highest BCUT2D eigenvalue weighted by Gasteiger charge is 2.22. The lowest BCUT2D eigenvalue weighted by Gasteiger charge is -2.17. The van der Waals surface area contributed by atoms with Crippen LogP contribution in [-0.2, 0) is 14.4 Å². The molecule has 7 heteroatoms. The van der Waals surface area contributed by atoms with Crippen molar-refractivity contribution >= 4 is 40.8 Å². The molecule has 0 radical (unpaired) electrons. The Morgan fingerprint density at radius 2 is 2.18 bits per heavy atom. The summed E-state index contributed by atoms with van der Waals surface area (Å²) >= 11 is 6.04. The second-order valence-electron chi connectivity index (χ2n) is 4.81. The smallest absolute Gasteiger partial charge is 0.327 e. The van der Waals surface area contributed by atoms with Gasteiger partial charge in [-0.15, -0.1) is 0 Å². The maximum Gasteiger partial charge on any atom is 0.327 e. The van der Waals surface area contributed by atoms with E-state index < -0.39 is 5.97 Å². The van der Waals surface area contributed by atoms with E-state index in [0.29, 0.717) is 29.4 Å². The Morgan fingerprint density at radius 3 is 2.82 bits per heavy atom. The van der Waals surface area contributed by atoms with Crippen LogP contribution in [0.1, 0.15) is 19.3 Å². The van der Waals surface area contributed by atoms with Crippen molar-refractivity contribution in [2.45, 2.75) is 19.3 Å². The number of carboxylic acids is 1. The summed E-state index contributed by atoms with van der Waals surface area (Å²) in [5, 5.41) is 11.4. The van der Waals surface area contributed by atoms with Gasteiger partial charge >= 0.3 is 5.97 Å². The normalized spacial score (nSPS) is 14.6. The molecule has 1 aromatic rings. The number of carboxylic acid groups (broad SMARTS) is 1. The molecule has 0 spiro atoms. The Labute approximate surface area is 132 Å². The largest absolute Gasteiger partial charge is 0.478 e. The summed E-state index contributed by atoms with van der Waals surface area (Å²) in [6, 6.07) is 4.99. The maximum atomic E-state index is 11.7. The van der Waals surface area contributed by atoms with Crippen LogP contribution in [0, 0.1) is 0 Å². The molecule has 0 atom stereocenters. The highest BCUT2D eigenvalue weighted by molar-refractivity contribution is 6.33. The van der Waals surface area contributed by atoms with E-state index in [1.165, 1.54) is 6.08 Å². The Balaban J connectivity index is 2.08. The van der Waals surface area contributed by atoms with Gasteiger partial charge in [0, 0.05) is 31.1 Å². The first-order valence-electron chi connectivity index (χ1n) is 6.76. The summed E-state index contributed by atoms with van der Waals surface area (Å²) in [5.74, 6) is -1.45. The van der Waals surface area contributed by atoms with Gasteiger partial charge in [-0.05, 0) is 24.6 Å². The molecule has 2 N–H and O–H groups in total. The minimum Gasteiger partial charge on any atom is -0.478 e. The van der Waals surface area contributed by atoms with Gasteiger partial charge in [0.2, 0.25) is 11.8 Å². The number of amides is 2. The fourth-order valence-electron chi connectivity index (χ4n) is 2.17.